The molecule has 1 aromatic carbocycles. The molecule has 132 valence electrons. The van der Waals surface area contributed by atoms with E-state index in [1.165, 1.54) is 4.90 Å². The lowest BCUT2D eigenvalue weighted by Gasteiger charge is -2.26. The topological polar surface area (TPSA) is 82.4 Å². The molecule has 1 amide bonds. The van der Waals surface area contributed by atoms with E-state index in [0.717, 1.165) is 5.52 Å². The van der Waals surface area contributed by atoms with Crippen LogP contribution in [0.1, 0.15) is 26.3 Å². The molecule has 2 aromatic rings. The number of nitriles is 1. The summed E-state index contributed by atoms with van der Waals surface area (Å²) in [7, 11) is 3.60. The van der Waals surface area contributed by atoms with Gasteiger partial charge in [-0.3, -0.25) is 4.98 Å². The number of rotatable bonds is 4. The standard InChI is InChI=1S/C18H23N5O2/c1-18(2,3)25-17(24)23(5)9-8-22(4)16-12-20-15-10-13(11-19)6-7-14(15)21-16/h6-7,10,12H,8-9H2,1-5H3. The van der Waals surface area contributed by atoms with Crippen LogP contribution in [0.25, 0.3) is 11.0 Å². The molecule has 0 bridgehead atoms. The molecule has 0 fully saturated rings. The van der Waals surface area contributed by atoms with Gasteiger partial charge in [0, 0.05) is 27.2 Å². The molecule has 0 unspecified atom stereocenters. The maximum atomic E-state index is 12.0. The van der Waals surface area contributed by atoms with Crippen molar-refractivity contribution in [3.8, 4) is 6.07 Å². The Hall–Kier alpha value is -2.88. The Labute approximate surface area is 147 Å². The summed E-state index contributed by atoms with van der Waals surface area (Å²) in [6.45, 7) is 6.61. The van der Waals surface area contributed by atoms with Gasteiger partial charge < -0.3 is 14.5 Å². The Morgan fingerprint density at radius 3 is 2.60 bits per heavy atom. The second-order valence-corrected chi connectivity index (χ2v) is 6.87. The Bertz CT molecular complexity index is 807. The molecule has 25 heavy (non-hydrogen) atoms. The molecule has 0 spiro atoms. The third-order valence-electron chi connectivity index (χ3n) is 3.53. The van der Waals surface area contributed by atoms with E-state index >= 15 is 0 Å². The quantitative estimate of drug-likeness (QED) is 0.850. The summed E-state index contributed by atoms with van der Waals surface area (Å²) in [5, 5.41) is 8.93. The number of amides is 1. The van der Waals surface area contributed by atoms with E-state index in [4.69, 9.17) is 10.00 Å². The Morgan fingerprint density at radius 1 is 1.24 bits per heavy atom. The van der Waals surface area contributed by atoms with Crippen LogP contribution in [-0.2, 0) is 4.74 Å². The predicted molar refractivity (Wildman–Crippen MR) is 96.4 cm³/mol. The second kappa shape index (κ2) is 7.34. The zero-order valence-corrected chi connectivity index (χ0v) is 15.3. The van der Waals surface area contributed by atoms with Gasteiger partial charge in [0.25, 0.3) is 0 Å². The summed E-state index contributed by atoms with van der Waals surface area (Å²) in [6, 6.07) is 7.30. The van der Waals surface area contributed by atoms with Crippen LogP contribution in [0.15, 0.2) is 24.4 Å². The number of fused-ring (bicyclic) bond motifs is 1. The van der Waals surface area contributed by atoms with Crippen molar-refractivity contribution in [1.82, 2.24) is 14.9 Å². The minimum absolute atomic E-state index is 0.352. The van der Waals surface area contributed by atoms with E-state index in [9.17, 15) is 4.79 Å². The third kappa shape index (κ3) is 5.05. The molecular weight excluding hydrogens is 318 g/mol. The predicted octanol–water partition coefficient (Wildman–Crippen LogP) is 2.80. The van der Waals surface area contributed by atoms with Crippen molar-refractivity contribution in [3.63, 3.8) is 0 Å². The van der Waals surface area contributed by atoms with E-state index in [1.807, 2.05) is 32.7 Å². The lowest BCUT2D eigenvalue weighted by atomic mass is 10.2. The molecule has 0 saturated carbocycles. The maximum absolute atomic E-state index is 12.0. The summed E-state index contributed by atoms with van der Waals surface area (Å²) >= 11 is 0. The van der Waals surface area contributed by atoms with Gasteiger partial charge in [0.1, 0.15) is 11.4 Å². The minimum atomic E-state index is -0.511. The fourth-order valence-electron chi connectivity index (χ4n) is 2.10. The number of aromatic nitrogens is 2. The molecular formula is C18H23N5O2. The van der Waals surface area contributed by atoms with Gasteiger partial charge in [0.2, 0.25) is 0 Å². The average Bonchev–Trinajstić information content (AvgIpc) is 2.56. The van der Waals surface area contributed by atoms with Crippen LogP contribution in [0.4, 0.5) is 10.6 Å². The molecule has 7 nitrogen and oxygen atoms in total. The van der Waals surface area contributed by atoms with Crippen molar-refractivity contribution in [3.05, 3.63) is 30.0 Å². The van der Waals surface area contributed by atoms with E-state index in [0.29, 0.717) is 30.0 Å². The van der Waals surface area contributed by atoms with Gasteiger partial charge in [-0.25, -0.2) is 9.78 Å². The highest BCUT2D eigenvalue weighted by Gasteiger charge is 2.19. The van der Waals surface area contributed by atoms with Crippen molar-refractivity contribution in [2.75, 3.05) is 32.1 Å². The van der Waals surface area contributed by atoms with Crippen LogP contribution < -0.4 is 4.90 Å². The van der Waals surface area contributed by atoms with Crippen molar-refractivity contribution >= 4 is 22.9 Å². The summed E-state index contributed by atoms with van der Waals surface area (Å²) in [5.41, 5.74) is 1.45. The fourth-order valence-corrected chi connectivity index (χ4v) is 2.10. The van der Waals surface area contributed by atoms with E-state index in [2.05, 4.69) is 16.0 Å². The highest BCUT2D eigenvalue weighted by molar-refractivity contribution is 5.77. The molecule has 0 saturated heterocycles. The number of carbonyl (C=O) groups excluding carboxylic acids is 1. The molecule has 0 radical (unpaired) electrons. The monoisotopic (exact) mass is 341 g/mol. The lowest BCUT2D eigenvalue weighted by molar-refractivity contribution is 0.0303. The number of carbonyl (C=O) groups is 1. The molecule has 0 aliphatic heterocycles. The molecule has 0 atom stereocenters. The van der Waals surface area contributed by atoms with Gasteiger partial charge in [-0.05, 0) is 39.0 Å². The highest BCUT2D eigenvalue weighted by Crippen LogP contribution is 2.16. The zero-order chi connectivity index (χ0) is 18.6. The maximum Gasteiger partial charge on any atom is 0.410 e. The average molecular weight is 341 g/mol. The Morgan fingerprint density at radius 2 is 1.96 bits per heavy atom. The van der Waals surface area contributed by atoms with Crippen molar-refractivity contribution in [1.29, 1.82) is 5.26 Å². The zero-order valence-electron chi connectivity index (χ0n) is 15.3. The number of benzene rings is 1. The SMILES string of the molecule is CN(CCN(C)c1cnc2cc(C#N)ccc2n1)C(=O)OC(C)(C)C. The van der Waals surface area contributed by atoms with E-state index in [-0.39, 0.29) is 6.09 Å². The molecule has 2 rings (SSSR count). The normalized spacial score (nSPS) is 11.0. The summed E-state index contributed by atoms with van der Waals surface area (Å²) < 4.78 is 5.33. The number of likely N-dealkylation sites (N-methyl/N-ethyl adjacent to an activating group) is 2. The van der Waals surface area contributed by atoms with Gasteiger partial charge in [0.05, 0.1) is 28.9 Å². The Kier molecular flexibility index (Phi) is 5.42. The number of hydrogen-bond acceptors (Lipinski definition) is 6. The molecule has 0 N–H and O–H groups in total. The number of hydrogen-bond donors (Lipinski definition) is 0. The molecule has 0 aliphatic carbocycles. The van der Waals surface area contributed by atoms with Crippen molar-refractivity contribution in [2.24, 2.45) is 0 Å². The van der Waals surface area contributed by atoms with Gasteiger partial charge in [-0.1, -0.05) is 0 Å². The van der Waals surface area contributed by atoms with Crippen LogP contribution in [-0.4, -0.2) is 53.7 Å². The first kappa shape index (κ1) is 18.5. The minimum Gasteiger partial charge on any atom is -0.444 e. The molecule has 1 heterocycles. The first-order chi connectivity index (χ1) is 11.7. The largest absolute Gasteiger partial charge is 0.444 e. The van der Waals surface area contributed by atoms with E-state index in [1.54, 1.807) is 31.4 Å². The first-order valence-corrected chi connectivity index (χ1v) is 8.02. The molecule has 0 aliphatic rings. The highest BCUT2D eigenvalue weighted by atomic mass is 16.6. The smallest absolute Gasteiger partial charge is 0.410 e. The summed E-state index contributed by atoms with van der Waals surface area (Å²) in [4.78, 5) is 24.3. The fraction of sp³-hybridized carbons (Fsp3) is 0.444. The van der Waals surface area contributed by atoms with Gasteiger partial charge >= 0.3 is 6.09 Å². The van der Waals surface area contributed by atoms with Gasteiger partial charge in [-0.15, -0.1) is 0 Å². The molecule has 7 heteroatoms. The number of nitrogens with zero attached hydrogens (tertiary/aromatic N) is 5. The summed E-state index contributed by atoms with van der Waals surface area (Å²) in [5.74, 6) is 0.704. The third-order valence-corrected chi connectivity index (χ3v) is 3.53. The van der Waals surface area contributed by atoms with Crippen LogP contribution in [0, 0.1) is 11.3 Å². The number of ether oxygens (including phenoxy) is 1. The van der Waals surface area contributed by atoms with Crippen molar-refractivity contribution < 1.29 is 9.53 Å². The van der Waals surface area contributed by atoms with Gasteiger partial charge in [0.15, 0.2) is 0 Å². The van der Waals surface area contributed by atoms with Crippen LogP contribution >= 0.6 is 0 Å². The lowest BCUT2D eigenvalue weighted by Crippen LogP contribution is -2.38. The Balaban J connectivity index is 2.01. The molecule has 1 aromatic heterocycles. The second-order valence-electron chi connectivity index (χ2n) is 6.87. The van der Waals surface area contributed by atoms with Crippen LogP contribution in [0.2, 0.25) is 0 Å². The summed E-state index contributed by atoms with van der Waals surface area (Å²) in [6.07, 6.45) is 1.31. The van der Waals surface area contributed by atoms with Crippen LogP contribution in [0.5, 0.6) is 0 Å². The van der Waals surface area contributed by atoms with Gasteiger partial charge in [-0.2, -0.15) is 5.26 Å². The number of anilines is 1. The van der Waals surface area contributed by atoms with Crippen molar-refractivity contribution in [2.45, 2.75) is 26.4 Å². The van der Waals surface area contributed by atoms with Crippen LogP contribution in [0.3, 0.4) is 0 Å². The van der Waals surface area contributed by atoms with E-state index < -0.39 is 5.60 Å². The first-order valence-electron chi connectivity index (χ1n) is 8.02.